The summed E-state index contributed by atoms with van der Waals surface area (Å²) in [5.74, 6) is -0.572. The maximum Gasteiger partial charge on any atom is 0.194 e. The van der Waals surface area contributed by atoms with Gasteiger partial charge in [0.1, 0.15) is 5.82 Å². The molecule has 0 spiro atoms. The van der Waals surface area contributed by atoms with Gasteiger partial charge < -0.3 is 0 Å². The van der Waals surface area contributed by atoms with Crippen LogP contribution in [0, 0.1) is 26.6 Å². The molecule has 0 heterocycles. The number of rotatable bonds is 2. The summed E-state index contributed by atoms with van der Waals surface area (Å²) in [6.45, 7) is 5.46. The number of halogens is 2. The summed E-state index contributed by atoms with van der Waals surface area (Å²) in [6, 6.07) is 8.24. The molecule has 0 bridgehead atoms. The molecule has 2 aromatic rings. The lowest BCUT2D eigenvalue weighted by Gasteiger charge is -2.10. The number of carbonyl (C=O) groups is 1. The van der Waals surface area contributed by atoms with E-state index in [1.54, 1.807) is 13.0 Å². The highest BCUT2D eigenvalue weighted by Crippen LogP contribution is 2.25. The number of aryl methyl sites for hydroxylation is 2. The number of carbonyl (C=O) groups excluding carboxylic acids is 1. The minimum absolute atomic E-state index is 0.147. The first-order valence-electron chi connectivity index (χ1n) is 5.98. The fourth-order valence-corrected chi connectivity index (χ4v) is 2.21. The van der Waals surface area contributed by atoms with E-state index in [1.807, 2.05) is 26.0 Å². The number of hydrogen-bond donors (Lipinski definition) is 0. The molecule has 2 aromatic carbocycles. The molecule has 0 radical (unpaired) electrons. The highest BCUT2D eigenvalue weighted by atomic mass is 35.5. The van der Waals surface area contributed by atoms with Gasteiger partial charge >= 0.3 is 0 Å². The van der Waals surface area contributed by atoms with Gasteiger partial charge in [-0.3, -0.25) is 4.79 Å². The Morgan fingerprint density at radius 2 is 1.74 bits per heavy atom. The Morgan fingerprint density at radius 3 is 2.42 bits per heavy atom. The fraction of sp³-hybridized carbons (Fsp3) is 0.188. The van der Waals surface area contributed by atoms with Gasteiger partial charge in [-0.15, -0.1) is 0 Å². The second-order valence-electron chi connectivity index (χ2n) is 4.66. The predicted octanol–water partition coefficient (Wildman–Crippen LogP) is 4.64. The lowest BCUT2D eigenvalue weighted by molar-refractivity contribution is 0.103. The van der Waals surface area contributed by atoms with Crippen LogP contribution in [0.25, 0.3) is 0 Å². The first-order chi connectivity index (χ1) is 8.91. The van der Waals surface area contributed by atoms with Crippen molar-refractivity contribution < 1.29 is 9.18 Å². The van der Waals surface area contributed by atoms with Gasteiger partial charge in [0.05, 0.1) is 5.02 Å². The Morgan fingerprint density at radius 1 is 1.05 bits per heavy atom. The van der Waals surface area contributed by atoms with E-state index in [-0.39, 0.29) is 10.8 Å². The van der Waals surface area contributed by atoms with Crippen molar-refractivity contribution in [3.05, 3.63) is 69.0 Å². The summed E-state index contributed by atoms with van der Waals surface area (Å²) in [6.07, 6.45) is 0. The molecule has 19 heavy (non-hydrogen) atoms. The molecule has 0 aromatic heterocycles. The molecule has 0 atom stereocenters. The van der Waals surface area contributed by atoms with Crippen molar-refractivity contribution in [2.45, 2.75) is 20.8 Å². The van der Waals surface area contributed by atoms with Crippen LogP contribution in [0.5, 0.6) is 0 Å². The molecule has 3 heteroatoms. The van der Waals surface area contributed by atoms with E-state index in [9.17, 15) is 9.18 Å². The summed E-state index contributed by atoms with van der Waals surface area (Å²) in [7, 11) is 0. The van der Waals surface area contributed by atoms with Gasteiger partial charge in [0, 0.05) is 11.1 Å². The van der Waals surface area contributed by atoms with Crippen molar-refractivity contribution in [3.8, 4) is 0 Å². The van der Waals surface area contributed by atoms with Gasteiger partial charge in [0.15, 0.2) is 5.78 Å². The number of hydrogen-bond acceptors (Lipinski definition) is 1. The molecule has 2 rings (SSSR count). The third-order valence-corrected chi connectivity index (χ3v) is 3.65. The normalized spacial score (nSPS) is 10.6. The van der Waals surface area contributed by atoms with Gasteiger partial charge in [0.2, 0.25) is 0 Å². The molecule has 0 N–H and O–H groups in total. The lowest BCUT2D eigenvalue weighted by atomic mass is 9.95. The molecular weight excluding hydrogens is 263 g/mol. The van der Waals surface area contributed by atoms with Crippen LogP contribution in [0.2, 0.25) is 5.02 Å². The lowest BCUT2D eigenvalue weighted by Crippen LogP contribution is -2.06. The monoisotopic (exact) mass is 276 g/mol. The van der Waals surface area contributed by atoms with Gasteiger partial charge in [-0.2, -0.15) is 0 Å². The highest BCUT2D eigenvalue weighted by molar-refractivity contribution is 6.35. The summed E-state index contributed by atoms with van der Waals surface area (Å²) < 4.78 is 13.4. The van der Waals surface area contributed by atoms with Crippen molar-refractivity contribution in [2.24, 2.45) is 0 Å². The largest absolute Gasteiger partial charge is 0.289 e. The average Bonchev–Trinajstić information content (AvgIpc) is 2.36. The van der Waals surface area contributed by atoms with Gasteiger partial charge in [0.25, 0.3) is 0 Å². The van der Waals surface area contributed by atoms with Crippen molar-refractivity contribution in [1.82, 2.24) is 0 Å². The Labute approximate surface area is 117 Å². The van der Waals surface area contributed by atoms with Crippen LogP contribution in [-0.4, -0.2) is 5.78 Å². The van der Waals surface area contributed by atoms with Crippen LogP contribution in [0.3, 0.4) is 0 Å². The molecule has 0 saturated carbocycles. The Bertz CT molecular complexity index is 662. The zero-order valence-electron chi connectivity index (χ0n) is 11.1. The molecule has 0 amide bonds. The predicted molar refractivity (Wildman–Crippen MR) is 75.5 cm³/mol. The minimum Gasteiger partial charge on any atom is -0.289 e. The van der Waals surface area contributed by atoms with Crippen molar-refractivity contribution in [3.63, 3.8) is 0 Å². The highest BCUT2D eigenvalue weighted by Gasteiger charge is 2.17. The van der Waals surface area contributed by atoms with Gasteiger partial charge in [-0.05, 0) is 49.6 Å². The Kier molecular flexibility index (Phi) is 3.72. The first-order valence-corrected chi connectivity index (χ1v) is 6.36. The van der Waals surface area contributed by atoms with E-state index in [0.717, 1.165) is 11.1 Å². The van der Waals surface area contributed by atoms with E-state index in [2.05, 4.69) is 0 Å². The Balaban J connectivity index is 2.56. The summed E-state index contributed by atoms with van der Waals surface area (Å²) >= 11 is 5.98. The maximum absolute atomic E-state index is 13.4. The van der Waals surface area contributed by atoms with Crippen LogP contribution in [-0.2, 0) is 0 Å². The molecular formula is C16H14ClFO. The topological polar surface area (TPSA) is 17.1 Å². The fourth-order valence-electron chi connectivity index (χ4n) is 1.97. The van der Waals surface area contributed by atoms with Crippen LogP contribution >= 0.6 is 11.6 Å². The molecule has 98 valence electrons. The molecule has 0 saturated heterocycles. The van der Waals surface area contributed by atoms with Crippen LogP contribution in [0.15, 0.2) is 30.3 Å². The number of ketones is 1. The van der Waals surface area contributed by atoms with Gasteiger partial charge in [-0.1, -0.05) is 29.8 Å². The quantitative estimate of drug-likeness (QED) is 0.731. The van der Waals surface area contributed by atoms with Crippen LogP contribution in [0.4, 0.5) is 4.39 Å². The van der Waals surface area contributed by atoms with E-state index in [0.29, 0.717) is 16.7 Å². The molecule has 1 nitrogen and oxygen atoms in total. The zero-order chi connectivity index (χ0) is 14.2. The second-order valence-corrected chi connectivity index (χ2v) is 5.07. The maximum atomic E-state index is 13.4. The summed E-state index contributed by atoms with van der Waals surface area (Å²) in [4.78, 5) is 12.5. The average molecular weight is 277 g/mol. The minimum atomic E-state index is -0.400. The van der Waals surface area contributed by atoms with Gasteiger partial charge in [-0.25, -0.2) is 4.39 Å². The third kappa shape index (κ3) is 2.54. The van der Waals surface area contributed by atoms with Crippen LogP contribution < -0.4 is 0 Å². The van der Waals surface area contributed by atoms with E-state index >= 15 is 0 Å². The van der Waals surface area contributed by atoms with E-state index in [1.165, 1.54) is 12.1 Å². The smallest absolute Gasteiger partial charge is 0.194 e. The standard InChI is InChI=1S/C16H14ClFO/c1-9-5-4-6-12(11(9)3)16(19)13-7-10(2)15(18)8-14(13)17/h4-8H,1-3H3. The van der Waals surface area contributed by atoms with Crippen molar-refractivity contribution >= 4 is 17.4 Å². The van der Waals surface area contributed by atoms with Crippen molar-refractivity contribution in [2.75, 3.05) is 0 Å². The second kappa shape index (κ2) is 5.14. The molecule has 0 aliphatic heterocycles. The third-order valence-electron chi connectivity index (χ3n) is 3.34. The van der Waals surface area contributed by atoms with E-state index in [4.69, 9.17) is 11.6 Å². The summed E-state index contributed by atoms with van der Waals surface area (Å²) in [5.41, 5.74) is 3.33. The zero-order valence-corrected chi connectivity index (χ0v) is 11.8. The van der Waals surface area contributed by atoms with Crippen molar-refractivity contribution in [1.29, 1.82) is 0 Å². The molecule has 0 aliphatic rings. The SMILES string of the molecule is Cc1cc(C(=O)c2cccc(C)c2C)c(Cl)cc1F. The molecule has 0 unspecified atom stereocenters. The van der Waals surface area contributed by atoms with E-state index < -0.39 is 5.82 Å². The summed E-state index contributed by atoms with van der Waals surface area (Å²) in [5, 5.41) is 0.147. The first kappa shape index (κ1) is 13.8. The van der Waals surface area contributed by atoms with Crippen LogP contribution in [0.1, 0.15) is 32.6 Å². The number of benzene rings is 2. The molecule has 0 aliphatic carbocycles. The molecule has 0 fully saturated rings. The Hall–Kier alpha value is -1.67.